The fourth-order valence-electron chi connectivity index (χ4n) is 2.29. The van der Waals surface area contributed by atoms with Gasteiger partial charge in [0.2, 0.25) is 0 Å². The second-order valence-corrected chi connectivity index (χ2v) is 4.09. The van der Waals surface area contributed by atoms with Crippen LogP contribution in [0, 0.1) is 11.3 Å². The van der Waals surface area contributed by atoms with E-state index in [4.69, 9.17) is 0 Å². The minimum absolute atomic E-state index is 0.215. The van der Waals surface area contributed by atoms with Gasteiger partial charge in [0.1, 0.15) is 0 Å². The summed E-state index contributed by atoms with van der Waals surface area (Å²) in [5.41, 5.74) is 1.95. The van der Waals surface area contributed by atoms with E-state index in [0.717, 1.165) is 24.0 Å². The first-order valence-corrected chi connectivity index (χ1v) is 5.11. The van der Waals surface area contributed by atoms with E-state index >= 15 is 0 Å². The maximum absolute atomic E-state index is 9.29. The Morgan fingerprint density at radius 3 is 2.71 bits per heavy atom. The summed E-state index contributed by atoms with van der Waals surface area (Å²) < 4.78 is 0. The van der Waals surface area contributed by atoms with Gasteiger partial charge in [-0.15, -0.1) is 0 Å². The SMILES string of the molecule is Bc1cc(C2(C#N)CCCC2)ccn1. The van der Waals surface area contributed by atoms with Crippen molar-refractivity contribution in [3.05, 3.63) is 23.9 Å². The summed E-state index contributed by atoms with van der Waals surface area (Å²) in [6, 6.07) is 6.53. The van der Waals surface area contributed by atoms with Crippen molar-refractivity contribution < 1.29 is 0 Å². The van der Waals surface area contributed by atoms with E-state index in [0.29, 0.717) is 0 Å². The van der Waals surface area contributed by atoms with Crippen LogP contribution in [-0.2, 0) is 5.41 Å². The summed E-state index contributed by atoms with van der Waals surface area (Å²) in [7, 11) is 1.98. The summed E-state index contributed by atoms with van der Waals surface area (Å²) in [5, 5.41) is 9.29. The Morgan fingerprint density at radius 1 is 1.43 bits per heavy atom. The molecule has 1 aliphatic carbocycles. The molecule has 1 aromatic heterocycles. The van der Waals surface area contributed by atoms with Gasteiger partial charge in [-0.3, -0.25) is 4.98 Å². The van der Waals surface area contributed by atoms with Crippen molar-refractivity contribution in [2.75, 3.05) is 0 Å². The third kappa shape index (κ3) is 1.41. The van der Waals surface area contributed by atoms with Gasteiger partial charge in [-0.25, -0.2) is 0 Å². The lowest BCUT2D eigenvalue weighted by Crippen LogP contribution is -2.22. The van der Waals surface area contributed by atoms with Crippen molar-refractivity contribution in [3.63, 3.8) is 0 Å². The van der Waals surface area contributed by atoms with Crippen LogP contribution in [0.4, 0.5) is 0 Å². The van der Waals surface area contributed by atoms with Crippen LogP contribution in [0.3, 0.4) is 0 Å². The van der Waals surface area contributed by atoms with Gasteiger partial charge in [0, 0.05) is 6.20 Å². The average Bonchev–Trinajstić information content (AvgIpc) is 2.67. The highest BCUT2D eigenvalue weighted by atomic mass is 14.6. The summed E-state index contributed by atoms with van der Waals surface area (Å²) in [4.78, 5) is 4.17. The van der Waals surface area contributed by atoms with E-state index in [1.54, 1.807) is 0 Å². The van der Waals surface area contributed by atoms with E-state index in [-0.39, 0.29) is 5.41 Å². The molecule has 0 aliphatic heterocycles. The maximum Gasteiger partial charge on any atom is 0.163 e. The van der Waals surface area contributed by atoms with Gasteiger partial charge >= 0.3 is 0 Å². The molecule has 1 saturated carbocycles. The molecular weight excluding hydrogens is 171 g/mol. The minimum atomic E-state index is -0.215. The topological polar surface area (TPSA) is 36.7 Å². The Bertz CT molecular complexity index is 375. The fourth-order valence-corrected chi connectivity index (χ4v) is 2.29. The standard InChI is InChI=1S/C11H13BN2/c12-10-7-9(3-6-14-10)11(8-13)4-1-2-5-11/h3,6-7H,1-2,4-5,12H2. The van der Waals surface area contributed by atoms with Crippen molar-refractivity contribution in [2.24, 2.45) is 0 Å². The third-order valence-corrected chi connectivity index (χ3v) is 3.12. The molecule has 14 heavy (non-hydrogen) atoms. The predicted octanol–water partition coefficient (Wildman–Crippen LogP) is 0.675. The van der Waals surface area contributed by atoms with Crippen LogP contribution < -0.4 is 5.59 Å². The molecule has 1 fully saturated rings. The molecule has 3 heteroatoms. The van der Waals surface area contributed by atoms with E-state index in [9.17, 15) is 5.26 Å². The van der Waals surface area contributed by atoms with Crippen molar-refractivity contribution in [2.45, 2.75) is 31.1 Å². The minimum Gasteiger partial charge on any atom is -0.272 e. The molecule has 2 rings (SSSR count). The Labute approximate surface area is 85.4 Å². The lowest BCUT2D eigenvalue weighted by atomic mass is 9.79. The molecule has 1 aromatic rings. The molecule has 0 radical (unpaired) electrons. The number of nitriles is 1. The molecule has 0 aromatic carbocycles. The monoisotopic (exact) mass is 184 g/mol. The van der Waals surface area contributed by atoms with Crippen molar-refractivity contribution in [1.82, 2.24) is 4.98 Å². The quantitative estimate of drug-likeness (QED) is 0.601. The first-order valence-electron chi connectivity index (χ1n) is 5.11. The van der Waals surface area contributed by atoms with Crippen LogP contribution in [0.5, 0.6) is 0 Å². The van der Waals surface area contributed by atoms with Crippen LogP contribution in [0.1, 0.15) is 31.2 Å². The lowest BCUT2D eigenvalue weighted by molar-refractivity contribution is 0.573. The highest BCUT2D eigenvalue weighted by Gasteiger charge is 2.35. The van der Waals surface area contributed by atoms with Gasteiger partial charge in [0.15, 0.2) is 7.85 Å². The summed E-state index contributed by atoms with van der Waals surface area (Å²) in [5.74, 6) is 0. The Hall–Kier alpha value is -1.30. The molecule has 2 nitrogen and oxygen atoms in total. The number of aromatic nitrogens is 1. The molecular formula is C11H13BN2. The van der Waals surface area contributed by atoms with E-state index in [2.05, 4.69) is 17.1 Å². The largest absolute Gasteiger partial charge is 0.272 e. The second kappa shape index (κ2) is 3.45. The van der Waals surface area contributed by atoms with E-state index in [1.165, 1.54) is 12.8 Å². The predicted molar refractivity (Wildman–Crippen MR) is 58.2 cm³/mol. The van der Waals surface area contributed by atoms with Gasteiger partial charge in [0.05, 0.1) is 11.5 Å². The number of pyridine rings is 1. The molecule has 70 valence electrons. The van der Waals surface area contributed by atoms with E-state index < -0.39 is 0 Å². The number of rotatable bonds is 1. The van der Waals surface area contributed by atoms with Crippen molar-refractivity contribution >= 4 is 13.4 Å². The fraction of sp³-hybridized carbons (Fsp3) is 0.455. The first kappa shape index (κ1) is 9.27. The van der Waals surface area contributed by atoms with Gasteiger partial charge < -0.3 is 0 Å². The van der Waals surface area contributed by atoms with Crippen LogP contribution in [0.25, 0.3) is 0 Å². The smallest absolute Gasteiger partial charge is 0.163 e. The highest BCUT2D eigenvalue weighted by molar-refractivity contribution is 6.30. The first-order chi connectivity index (χ1) is 6.77. The Balaban J connectivity index is 2.42. The molecule has 0 unspecified atom stereocenters. The zero-order chi connectivity index (χ0) is 10.0. The molecule has 1 heterocycles. The zero-order valence-corrected chi connectivity index (χ0v) is 8.45. The van der Waals surface area contributed by atoms with Crippen molar-refractivity contribution in [3.8, 4) is 6.07 Å². The van der Waals surface area contributed by atoms with Crippen LogP contribution in [0.2, 0.25) is 0 Å². The number of hydrogen-bond donors (Lipinski definition) is 0. The molecule has 0 saturated heterocycles. The van der Waals surface area contributed by atoms with Crippen molar-refractivity contribution in [1.29, 1.82) is 5.26 Å². The summed E-state index contributed by atoms with van der Waals surface area (Å²) in [6.07, 6.45) is 6.17. The summed E-state index contributed by atoms with van der Waals surface area (Å²) >= 11 is 0. The summed E-state index contributed by atoms with van der Waals surface area (Å²) in [6.45, 7) is 0. The van der Waals surface area contributed by atoms with Gasteiger partial charge in [-0.1, -0.05) is 12.8 Å². The van der Waals surface area contributed by atoms with Gasteiger partial charge in [-0.2, -0.15) is 5.26 Å². The number of hydrogen-bond acceptors (Lipinski definition) is 2. The third-order valence-electron chi connectivity index (χ3n) is 3.12. The Morgan fingerprint density at radius 2 is 2.14 bits per heavy atom. The zero-order valence-electron chi connectivity index (χ0n) is 8.45. The van der Waals surface area contributed by atoms with Gasteiger partial charge in [0.25, 0.3) is 0 Å². The second-order valence-electron chi connectivity index (χ2n) is 4.09. The molecule has 0 N–H and O–H groups in total. The number of nitrogens with zero attached hydrogens (tertiary/aromatic N) is 2. The van der Waals surface area contributed by atoms with Gasteiger partial charge in [-0.05, 0) is 36.1 Å². The Kier molecular flexibility index (Phi) is 2.29. The van der Waals surface area contributed by atoms with Crippen LogP contribution in [0.15, 0.2) is 18.3 Å². The van der Waals surface area contributed by atoms with E-state index in [1.807, 2.05) is 20.1 Å². The molecule has 1 aliphatic rings. The average molecular weight is 184 g/mol. The van der Waals surface area contributed by atoms with Crippen LogP contribution in [-0.4, -0.2) is 12.8 Å². The molecule has 0 atom stereocenters. The molecule has 0 amide bonds. The molecule has 0 spiro atoms. The normalized spacial score (nSPS) is 19.1. The molecule has 0 bridgehead atoms. The lowest BCUT2D eigenvalue weighted by Gasteiger charge is -2.20. The highest BCUT2D eigenvalue weighted by Crippen LogP contribution is 2.39. The maximum atomic E-state index is 9.29. The van der Waals surface area contributed by atoms with Crippen LogP contribution >= 0.6 is 0 Å².